The third-order valence-electron chi connectivity index (χ3n) is 4.00. The molecular formula is C18H19NO4S. The fraction of sp³-hybridized carbons (Fsp3) is 0.278. The zero-order valence-electron chi connectivity index (χ0n) is 13.4. The van der Waals surface area contributed by atoms with Crippen LogP contribution in [0.3, 0.4) is 0 Å². The second kappa shape index (κ2) is 6.65. The molecule has 1 N–H and O–H groups in total. The van der Waals surface area contributed by atoms with Gasteiger partial charge in [-0.15, -0.1) is 0 Å². The molecule has 0 unspecified atom stereocenters. The Morgan fingerprint density at radius 2 is 2.00 bits per heavy atom. The molecule has 0 spiro atoms. The average molecular weight is 345 g/mol. The number of rotatable bonds is 6. The van der Waals surface area contributed by atoms with Crippen molar-refractivity contribution >= 4 is 21.4 Å². The van der Waals surface area contributed by atoms with Crippen molar-refractivity contribution in [1.29, 1.82) is 0 Å². The number of nitrogens with one attached hydrogen (secondary N) is 1. The minimum absolute atomic E-state index is 0.0392. The number of benzene rings is 2. The second-order valence-electron chi connectivity index (χ2n) is 5.95. The zero-order chi connectivity index (χ0) is 17.2. The molecule has 1 atom stereocenters. The monoisotopic (exact) mass is 345 g/mol. The Morgan fingerprint density at radius 3 is 2.75 bits per heavy atom. The van der Waals surface area contributed by atoms with Gasteiger partial charge in [0, 0.05) is 18.0 Å². The van der Waals surface area contributed by atoms with Gasteiger partial charge < -0.3 is 10.1 Å². The van der Waals surface area contributed by atoms with E-state index in [9.17, 15) is 13.2 Å². The third kappa shape index (κ3) is 3.94. The van der Waals surface area contributed by atoms with Crippen LogP contribution >= 0.6 is 0 Å². The first kappa shape index (κ1) is 16.5. The molecule has 0 saturated carbocycles. The van der Waals surface area contributed by atoms with Gasteiger partial charge in [0.1, 0.15) is 12.4 Å². The molecule has 0 heterocycles. The smallest absolute Gasteiger partial charge is 0.232 e. The Morgan fingerprint density at radius 1 is 1.21 bits per heavy atom. The Kier molecular flexibility index (Phi) is 4.57. The van der Waals surface area contributed by atoms with E-state index in [2.05, 4.69) is 5.32 Å². The number of carbonyl (C=O) groups excluding carboxylic acids is 1. The molecule has 126 valence electrons. The Hall–Kier alpha value is -2.34. The molecule has 3 rings (SSSR count). The summed E-state index contributed by atoms with van der Waals surface area (Å²) in [6.07, 6.45) is 1.93. The molecule has 24 heavy (non-hydrogen) atoms. The van der Waals surface area contributed by atoms with E-state index < -0.39 is 9.84 Å². The van der Waals surface area contributed by atoms with Crippen LogP contribution in [-0.4, -0.2) is 32.9 Å². The lowest BCUT2D eigenvalue weighted by molar-refractivity contribution is -0.118. The van der Waals surface area contributed by atoms with E-state index in [-0.39, 0.29) is 24.2 Å². The predicted octanol–water partition coefficient (Wildman–Crippen LogP) is 2.39. The molecule has 0 aliphatic heterocycles. The molecule has 0 bridgehead atoms. The number of hydrogen-bond acceptors (Lipinski definition) is 4. The average Bonchev–Trinajstić information content (AvgIpc) is 2.47. The van der Waals surface area contributed by atoms with E-state index >= 15 is 0 Å². The molecule has 1 aliphatic carbocycles. The van der Waals surface area contributed by atoms with E-state index in [4.69, 9.17) is 4.74 Å². The maximum Gasteiger partial charge on any atom is 0.232 e. The maximum atomic E-state index is 12.4. The second-order valence-corrected chi connectivity index (χ2v) is 8.21. The first-order valence-corrected chi connectivity index (χ1v) is 9.78. The summed E-state index contributed by atoms with van der Waals surface area (Å²) >= 11 is 0. The van der Waals surface area contributed by atoms with Gasteiger partial charge in [0.25, 0.3) is 0 Å². The van der Waals surface area contributed by atoms with Crippen LogP contribution in [0.1, 0.15) is 17.0 Å². The summed E-state index contributed by atoms with van der Waals surface area (Å²) in [5.74, 6) is 0.339. The Balaban J connectivity index is 1.60. The van der Waals surface area contributed by atoms with Crippen molar-refractivity contribution in [3.05, 3.63) is 59.7 Å². The van der Waals surface area contributed by atoms with Gasteiger partial charge >= 0.3 is 0 Å². The van der Waals surface area contributed by atoms with Gasteiger partial charge in [0.05, 0.1) is 11.7 Å². The highest BCUT2D eigenvalue weighted by atomic mass is 32.2. The summed E-state index contributed by atoms with van der Waals surface area (Å²) in [6, 6.07) is 14.9. The Labute approximate surface area is 141 Å². The lowest BCUT2D eigenvalue weighted by Crippen LogP contribution is -2.30. The van der Waals surface area contributed by atoms with Crippen LogP contribution in [0.25, 0.3) is 0 Å². The van der Waals surface area contributed by atoms with E-state index in [1.165, 1.54) is 11.8 Å². The highest BCUT2D eigenvalue weighted by molar-refractivity contribution is 7.90. The van der Waals surface area contributed by atoms with E-state index in [1.54, 1.807) is 24.3 Å². The standard InChI is InChI=1S/C18H19NO4S/c1-24(21,22)10-9-23-15-7-4-6-14(12-15)19-18(20)17-11-13-5-2-3-8-16(13)17/h2-8,12,17H,9-11H2,1H3,(H,19,20)/t17-/m0/s1. The zero-order valence-corrected chi connectivity index (χ0v) is 14.2. The number of sulfone groups is 1. The molecule has 0 fully saturated rings. The lowest BCUT2D eigenvalue weighted by Gasteiger charge is -2.28. The van der Waals surface area contributed by atoms with Crippen molar-refractivity contribution < 1.29 is 17.9 Å². The molecule has 2 aromatic carbocycles. The fourth-order valence-corrected chi connectivity index (χ4v) is 3.08. The first-order valence-electron chi connectivity index (χ1n) is 7.72. The van der Waals surface area contributed by atoms with E-state index in [1.807, 2.05) is 24.3 Å². The van der Waals surface area contributed by atoms with Gasteiger partial charge in [0.2, 0.25) is 5.91 Å². The van der Waals surface area contributed by atoms with Crippen molar-refractivity contribution in [3.8, 4) is 5.75 Å². The molecule has 2 aromatic rings. The highest BCUT2D eigenvalue weighted by Gasteiger charge is 2.31. The molecule has 6 heteroatoms. The largest absolute Gasteiger partial charge is 0.492 e. The molecule has 0 aromatic heterocycles. The quantitative estimate of drug-likeness (QED) is 0.872. The maximum absolute atomic E-state index is 12.4. The summed E-state index contributed by atoms with van der Waals surface area (Å²) in [6.45, 7) is 0.0895. The van der Waals surface area contributed by atoms with Crippen molar-refractivity contribution in [3.63, 3.8) is 0 Å². The summed E-state index contributed by atoms with van der Waals surface area (Å²) < 4.78 is 27.7. The molecule has 1 aliphatic rings. The number of fused-ring (bicyclic) bond motifs is 1. The summed E-state index contributed by atoms with van der Waals surface area (Å²) in [7, 11) is -3.05. The number of hydrogen-bond donors (Lipinski definition) is 1. The summed E-state index contributed by atoms with van der Waals surface area (Å²) in [4.78, 5) is 12.4. The van der Waals surface area contributed by atoms with Crippen molar-refractivity contribution in [2.24, 2.45) is 0 Å². The normalized spacial score (nSPS) is 16.0. The molecule has 0 saturated heterocycles. The minimum atomic E-state index is -3.05. The van der Waals surface area contributed by atoms with Crippen LogP contribution in [0.5, 0.6) is 5.75 Å². The summed E-state index contributed by atoms with van der Waals surface area (Å²) in [5.41, 5.74) is 2.94. The molecular weight excluding hydrogens is 326 g/mol. The molecule has 5 nitrogen and oxygen atoms in total. The number of ether oxygens (including phenoxy) is 1. The van der Waals surface area contributed by atoms with Gasteiger partial charge in [-0.05, 0) is 29.7 Å². The first-order chi connectivity index (χ1) is 11.4. The van der Waals surface area contributed by atoms with Crippen LogP contribution < -0.4 is 10.1 Å². The van der Waals surface area contributed by atoms with E-state index in [0.29, 0.717) is 11.4 Å². The molecule has 1 amide bonds. The van der Waals surface area contributed by atoms with Gasteiger partial charge in [0.15, 0.2) is 9.84 Å². The van der Waals surface area contributed by atoms with Crippen LogP contribution in [0, 0.1) is 0 Å². The summed E-state index contributed by atoms with van der Waals surface area (Å²) in [5, 5.41) is 2.89. The lowest BCUT2D eigenvalue weighted by atomic mass is 9.77. The van der Waals surface area contributed by atoms with Crippen LogP contribution in [0.15, 0.2) is 48.5 Å². The van der Waals surface area contributed by atoms with Crippen molar-refractivity contribution in [2.45, 2.75) is 12.3 Å². The molecule has 0 radical (unpaired) electrons. The van der Waals surface area contributed by atoms with Crippen molar-refractivity contribution in [1.82, 2.24) is 0 Å². The SMILES string of the molecule is CS(=O)(=O)CCOc1cccc(NC(=O)[C@H]2Cc3ccccc32)c1. The van der Waals surface area contributed by atoms with Crippen molar-refractivity contribution in [2.75, 3.05) is 23.9 Å². The Bertz CT molecular complexity index is 861. The van der Waals surface area contributed by atoms with Gasteiger partial charge in [-0.1, -0.05) is 30.3 Å². The highest BCUT2D eigenvalue weighted by Crippen LogP contribution is 2.35. The van der Waals surface area contributed by atoms with Gasteiger partial charge in [-0.3, -0.25) is 4.79 Å². The van der Waals surface area contributed by atoms with Crippen LogP contribution in [-0.2, 0) is 21.1 Å². The van der Waals surface area contributed by atoms with Crippen LogP contribution in [0.2, 0.25) is 0 Å². The predicted molar refractivity (Wildman–Crippen MR) is 93.2 cm³/mol. The van der Waals surface area contributed by atoms with Gasteiger partial charge in [-0.25, -0.2) is 8.42 Å². The van der Waals surface area contributed by atoms with Gasteiger partial charge in [-0.2, -0.15) is 0 Å². The minimum Gasteiger partial charge on any atom is -0.492 e. The third-order valence-corrected chi connectivity index (χ3v) is 4.90. The number of anilines is 1. The van der Waals surface area contributed by atoms with E-state index in [0.717, 1.165) is 12.0 Å². The number of amides is 1. The topological polar surface area (TPSA) is 72.5 Å². The fourth-order valence-electron chi connectivity index (χ4n) is 2.70. The van der Waals surface area contributed by atoms with Crippen LogP contribution in [0.4, 0.5) is 5.69 Å². The number of carbonyl (C=O) groups is 1.